The zero-order chi connectivity index (χ0) is 22.8. The maximum atomic E-state index is 13.4. The number of carbonyl (C=O) groups excluding carboxylic acids is 1. The van der Waals surface area contributed by atoms with Crippen LogP contribution in [0.2, 0.25) is 0 Å². The van der Waals surface area contributed by atoms with E-state index in [-0.39, 0.29) is 48.3 Å². The summed E-state index contributed by atoms with van der Waals surface area (Å²) in [7, 11) is 0. The van der Waals surface area contributed by atoms with Gasteiger partial charge >= 0.3 is 0 Å². The molecule has 4 aliphatic heterocycles. The maximum Gasteiger partial charge on any atom is 0.229 e. The van der Waals surface area contributed by atoms with Crippen LogP contribution >= 0.6 is 0 Å². The van der Waals surface area contributed by atoms with Crippen molar-refractivity contribution in [2.24, 2.45) is 23.5 Å². The highest BCUT2D eigenvalue weighted by Crippen LogP contribution is 2.43. The highest BCUT2D eigenvalue weighted by molar-refractivity contribution is 5.81. The first kappa shape index (κ1) is 23.5. The van der Waals surface area contributed by atoms with Crippen LogP contribution in [0.15, 0.2) is 0 Å². The fraction of sp³-hybridized carbons (Fsp3) is 0.917. The zero-order valence-corrected chi connectivity index (χ0v) is 19.6. The molecule has 8 unspecified atom stereocenters. The quantitative estimate of drug-likeness (QED) is 0.445. The van der Waals surface area contributed by atoms with Gasteiger partial charge in [-0.3, -0.25) is 9.69 Å². The molecule has 0 aromatic rings. The molecule has 1 aliphatic carbocycles. The molecule has 9 nitrogen and oxygen atoms in total. The third-order valence-electron chi connectivity index (χ3n) is 8.58. The lowest BCUT2D eigenvalue weighted by Gasteiger charge is -2.62. The van der Waals surface area contributed by atoms with E-state index >= 15 is 0 Å². The van der Waals surface area contributed by atoms with Gasteiger partial charge in [-0.05, 0) is 38.1 Å². The molecule has 8 atom stereocenters. The summed E-state index contributed by atoms with van der Waals surface area (Å²) in [6.45, 7) is 3.79. The minimum Gasteiger partial charge on any atom is -0.379 e. The van der Waals surface area contributed by atoms with Gasteiger partial charge in [-0.1, -0.05) is 19.3 Å². The Balaban J connectivity index is 1.23. The number of piperidine rings is 1. The monoisotopic (exact) mass is 460 g/mol. The molecule has 9 heteroatoms. The Labute approximate surface area is 197 Å². The van der Waals surface area contributed by atoms with Gasteiger partial charge in [-0.15, -0.1) is 0 Å². The first-order valence-electron chi connectivity index (χ1n) is 13.0. The third-order valence-corrected chi connectivity index (χ3v) is 8.58. The predicted molar refractivity (Wildman–Crippen MR) is 123 cm³/mol. The topological polar surface area (TPSA) is 125 Å². The lowest BCUT2D eigenvalue weighted by Crippen LogP contribution is -2.82. The molecule has 0 spiro atoms. The second kappa shape index (κ2) is 10.5. The Bertz CT molecular complexity index is 719. The number of amides is 1. The summed E-state index contributed by atoms with van der Waals surface area (Å²) in [4.78, 5) is 15.7. The van der Waals surface area contributed by atoms with Crippen molar-refractivity contribution in [3.63, 3.8) is 0 Å². The Morgan fingerprint density at radius 3 is 2.82 bits per heavy atom. The lowest BCUT2D eigenvalue weighted by atomic mass is 9.71. The van der Waals surface area contributed by atoms with Gasteiger partial charge in [0.05, 0.1) is 49.2 Å². The number of nitrogens with one attached hydrogen (secondary N) is 3. The number of nitrogens with zero attached hydrogens (tertiary/aromatic N) is 2. The number of fused-ring (bicyclic) bond motifs is 1. The third kappa shape index (κ3) is 4.79. The summed E-state index contributed by atoms with van der Waals surface area (Å²) in [5.41, 5.74) is 6.68. The number of carbonyl (C=O) groups is 1. The van der Waals surface area contributed by atoms with E-state index in [4.69, 9.17) is 15.2 Å². The number of ether oxygens (including phenoxy) is 2. The van der Waals surface area contributed by atoms with Crippen LogP contribution in [-0.2, 0) is 14.3 Å². The number of hydrogen-bond acceptors (Lipinski definition) is 8. The van der Waals surface area contributed by atoms with E-state index in [1.54, 1.807) is 0 Å². The van der Waals surface area contributed by atoms with Crippen LogP contribution in [0.3, 0.4) is 0 Å². The van der Waals surface area contributed by atoms with E-state index in [1.807, 2.05) is 0 Å². The van der Waals surface area contributed by atoms with Gasteiger partial charge in [-0.2, -0.15) is 5.26 Å². The van der Waals surface area contributed by atoms with Crippen LogP contribution < -0.4 is 21.7 Å². The van der Waals surface area contributed by atoms with Crippen molar-refractivity contribution in [2.45, 2.75) is 88.0 Å². The zero-order valence-electron chi connectivity index (χ0n) is 19.6. The minimum absolute atomic E-state index is 0.00335. The molecule has 1 amide bonds. The molecule has 4 heterocycles. The van der Waals surface area contributed by atoms with Crippen LogP contribution in [0.4, 0.5) is 0 Å². The van der Waals surface area contributed by atoms with Crippen molar-refractivity contribution >= 4 is 5.91 Å². The van der Waals surface area contributed by atoms with Crippen LogP contribution in [-0.4, -0.2) is 80.3 Å². The Morgan fingerprint density at radius 1 is 1.21 bits per heavy atom. The highest BCUT2D eigenvalue weighted by Gasteiger charge is 2.58. The molecule has 5 aliphatic rings. The number of rotatable bonds is 6. The molecule has 0 radical (unpaired) electrons. The van der Waals surface area contributed by atoms with Gasteiger partial charge in [0.1, 0.15) is 0 Å². The van der Waals surface area contributed by atoms with E-state index < -0.39 is 0 Å². The largest absolute Gasteiger partial charge is 0.379 e. The van der Waals surface area contributed by atoms with Crippen LogP contribution in [0.5, 0.6) is 0 Å². The van der Waals surface area contributed by atoms with Crippen LogP contribution in [0.25, 0.3) is 0 Å². The fourth-order valence-corrected chi connectivity index (χ4v) is 6.89. The van der Waals surface area contributed by atoms with Gasteiger partial charge in [0.2, 0.25) is 5.91 Å². The fourth-order valence-electron chi connectivity index (χ4n) is 6.89. The van der Waals surface area contributed by atoms with Gasteiger partial charge < -0.3 is 31.2 Å². The van der Waals surface area contributed by atoms with Gasteiger partial charge in [0.25, 0.3) is 0 Å². The number of nitriles is 1. The normalized spacial score (nSPS) is 42.2. The van der Waals surface area contributed by atoms with E-state index in [2.05, 4.69) is 26.9 Å². The SMILES string of the molecule is N#CCC1CNC2C(C(=O)NC3CNCCC3OC3CCOC3)C(N)N2C1C1CCCCC1. The molecule has 5 rings (SSSR count). The van der Waals surface area contributed by atoms with E-state index in [0.29, 0.717) is 31.5 Å². The van der Waals surface area contributed by atoms with E-state index in [0.717, 1.165) is 32.5 Å². The van der Waals surface area contributed by atoms with Gasteiger partial charge in [0, 0.05) is 38.1 Å². The predicted octanol–water partition coefficient (Wildman–Crippen LogP) is 0.263. The van der Waals surface area contributed by atoms with Gasteiger partial charge in [0.15, 0.2) is 0 Å². The van der Waals surface area contributed by atoms with Crippen molar-refractivity contribution in [3.8, 4) is 6.07 Å². The summed E-state index contributed by atoms with van der Waals surface area (Å²) in [6.07, 6.45) is 8.35. The highest BCUT2D eigenvalue weighted by atomic mass is 16.6. The Kier molecular flexibility index (Phi) is 7.50. The first-order valence-corrected chi connectivity index (χ1v) is 13.0. The molecule has 1 saturated carbocycles. The summed E-state index contributed by atoms with van der Waals surface area (Å²) >= 11 is 0. The smallest absolute Gasteiger partial charge is 0.229 e. The van der Waals surface area contributed by atoms with Crippen molar-refractivity contribution < 1.29 is 14.3 Å². The molecule has 184 valence electrons. The standard InChI is InChI=1S/C24H40N6O3/c25-9-6-16-12-28-23-20(22(26)30(23)21(16)15-4-2-1-3-5-15)24(31)29-18-13-27-10-7-19(18)33-17-8-11-32-14-17/h15-23,27-28H,1-8,10-14,26H2,(H,29,31). The van der Waals surface area contributed by atoms with Crippen molar-refractivity contribution in [2.75, 3.05) is 32.8 Å². The summed E-state index contributed by atoms with van der Waals surface area (Å²) < 4.78 is 11.8. The molecule has 5 fully saturated rings. The molecule has 0 aromatic heterocycles. The van der Waals surface area contributed by atoms with Gasteiger partial charge in [-0.25, -0.2) is 0 Å². The molecule has 5 N–H and O–H groups in total. The van der Waals surface area contributed by atoms with Crippen molar-refractivity contribution in [3.05, 3.63) is 0 Å². The Hall–Kier alpha value is -1.28. The van der Waals surface area contributed by atoms with E-state index in [9.17, 15) is 10.1 Å². The van der Waals surface area contributed by atoms with Crippen molar-refractivity contribution in [1.29, 1.82) is 5.26 Å². The molecule has 4 saturated heterocycles. The summed E-state index contributed by atoms with van der Waals surface area (Å²) in [6, 6.07) is 2.62. The number of hydrogen-bond donors (Lipinski definition) is 4. The van der Waals surface area contributed by atoms with Crippen molar-refractivity contribution in [1.82, 2.24) is 20.9 Å². The average Bonchev–Trinajstić information content (AvgIpc) is 3.34. The van der Waals surface area contributed by atoms with Crippen LogP contribution in [0.1, 0.15) is 51.4 Å². The Morgan fingerprint density at radius 2 is 2.06 bits per heavy atom. The van der Waals surface area contributed by atoms with E-state index in [1.165, 1.54) is 32.1 Å². The second-order valence-corrected chi connectivity index (χ2v) is 10.6. The summed E-state index contributed by atoms with van der Waals surface area (Å²) in [5.74, 6) is 0.586. The molecule has 0 bridgehead atoms. The minimum atomic E-state index is -0.310. The maximum absolute atomic E-state index is 13.4. The summed E-state index contributed by atoms with van der Waals surface area (Å²) in [5, 5.41) is 19.6. The van der Waals surface area contributed by atoms with Crippen LogP contribution in [0, 0.1) is 29.1 Å². The second-order valence-electron chi connectivity index (χ2n) is 10.6. The lowest BCUT2D eigenvalue weighted by molar-refractivity contribution is -0.175. The molecular formula is C24H40N6O3. The number of nitrogens with two attached hydrogens (primary N) is 1. The average molecular weight is 461 g/mol. The molecule has 0 aromatic carbocycles. The first-order chi connectivity index (χ1) is 16.2. The molecule has 33 heavy (non-hydrogen) atoms. The molecular weight excluding hydrogens is 420 g/mol.